The molecule has 0 amide bonds. The molecule has 31 heavy (non-hydrogen) atoms. The highest BCUT2D eigenvalue weighted by Crippen LogP contribution is 2.37. The molecule has 2 aliphatic rings. The van der Waals surface area contributed by atoms with E-state index in [1.807, 2.05) is 6.92 Å². The molecule has 1 aliphatic heterocycles. The highest BCUT2D eigenvalue weighted by Gasteiger charge is 2.40. The van der Waals surface area contributed by atoms with Gasteiger partial charge in [-0.25, -0.2) is 12.8 Å². The summed E-state index contributed by atoms with van der Waals surface area (Å²) in [4.78, 5) is 15.2. The monoisotopic (exact) mass is 474 g/mol. The fourth-order valence-electron chi connectivity index (χ4n) is 5.11. The zero-order valence-corrected chi connectivity index (χ0v) is 20.2. The molecule has 1 heterocycles. The van der Waals surface area contributed by atoms with Gasteiger partial charge >= 0.3 is 0 Å². The molecule has 0 spiro atoms. The number of hydrogen-bond acceptors (Lipinski definition) is 4. The number of ketones is 1. The molecule has 1 saturated heterocycles. The molecule has 0 unspecified atom stereocenters. The number of Topliss-reactive ketones (excluding diaryl/α,β-unsaturated/α-hetero) is 1. The molecule has 1 saturated carbocycles. The summed E-state index contributed by atoms with van der Waals surface area (Å²) >= 11 is 0. The Labute approximate surface area is 192 Å². The number of sulfonamides is 1. The molecule has 0 radical (unpaired) electrons. The summed E-state index contributed by atoms with van der Waals surface area (Å²) in [5.74, 6) is -0.386. The Morgan fingerprint density at radius 1 is 1.03 bits per heavy atom. The van der Waals surface area contributed by atoms with Gasteiger partial charge in [0.25, 0.3) is 0 Å². The van der Waals surface area contributed by atoms with Crippen molar-refractivity contribution in [2.24, 2.45) is 0 Å². The van der Waals surface area contributed by atoms with Gasteiger partial charge in [0.1, 0.15) is 5.82 Å². The maximum atomic E-state index is 14.0. The molecule has 1 aromatic carbocycles. The van der Waals surface area contributed by atoms with E-state index < -0.39 is 15.8 Å². The van der Waals surface area contributed by atoms with E-state index in [-0.39, 0.29) is 35.0 Å². The lowest BCUT2D eigenvalue weighted by atomic mass is 9.82. The lowest BCUT2D eigenvalue weighted by Gasteiger charge is -2.48. The lowest BCUT2D eigenvalue weighted by Crippen LogP contribution is -2.58. The summed E-state index contributed by atoms with van der Waals surface area (Å²) in [6.07, 6.45) is 8.38. The van der Waals surface area contributed by atoms with Crippen molar-refractivity contribution in [3.05, 3.63) is 35.6 Å². The second-order valence-electron chi connectivity index (χ2n) is 8.74. The number of hydrogen-bond donors (Lipinski definition) is 0. The normalized spacial score (nSPS) is 20.6. The molecule has 1 aliphatic carbocycles. The van der Waals surface area contributed by atoms with Crippen LogP contribution < -0.4 is 0 Å². The first kappa shape index (κ1) is 26.2. The molecule has 3 rings (SSSR count). The Morgan fingerprint density at radius 3 is 2.23 bits per heavy atom. The summed E-state index contributed by atoms with van der Waals surface area (Å²) < 4.78 is 40.5. The number of halogens is 2. The van der Waals surface area contributed by atoms with E-state index >= 15 is 0 Å². The molecular formula is C23H36ClFN2O3S. The minimum Gasteiger partial charge on any atom is -0.295 e. The van der Waals surface area contributed by atoms with Crippen LogP contribution in [0.2, 0.25) is 0 Å². The Bertz CT molecular complexity index is 818. The van der Waals surface area contributed by atoms with Gasteiger partial charge in [-0.15, -0.1) is 12.4 Å². The van der Waals surface area contributed by atoms with Crippen LogP contribution in [0.25, 0.3) is 0 Å². The van der Waals surface area contributed by atoms with Crippen molar-refractivity contribution in [1.82, 2.24) is 9.21 Å². The molecule has 1 aromatic rings. The Kier molecular flexibility index (Phi) is 9.93. The quantitative estimate of drug-likeness (QED) is 0.406. The molecule has 5 nitrogen and oxygen atoms in total. The van der Waals surface area contributed by atoms with E-state index in [1.54, 1.807) is 22.5 Å². The van der Waals surface area contributed by atoms with Crippen LogP contribution in [-0.2, 0) is 10.0 Å². The zero-order valence-electron chi connectivity index (χ0n) is 18.5. The van der Waals surface area contributed by atoms with Gasteiger partial charge in [-0.05, 0) is 37.8 Å². The van der Waals surface area contributed by atoms with Gasteiger partial charge in [0.2, 0.25) is 10.0 Å². The summed E-state index contributed by atoms with van der Waals surface area (Å²) in [7, 11) is -3.17. The van der Waals surface area contributed by atoms with Crippen molar-refractivity contribution < 1.29 is 17.6 Å². The molecule has 2 fully saturated rings. The minimum absolute atomic E-state index is 0. The SMILES string of the molecule is CCCS(=O)(=O)N1CCN(C2(CCC(=O)c3ccccc3F)CCCCCC2)CC1.Cl. The van der Waals surface area contributed by atoms with Gasteiger partial charge in [0.15, 0.2) is 5.78 Å². The maximum absolute atomic E-state index is 14.0. The average molecular weight is 475 g/mol. The predicted molar refractivity (Wildman–Crippen MR) is 125 cm³/mol. The Hall–Kier alpha value is -1.02. The number of nitrogens with zero attached hydrogens (tertiary/aromatic N) is 2. The molecular weight excluding hydrogens is 439 g/mol. The van der Waals surface area contributed by atoms with Crippen molar-refractivity contribution in [2.75, 3.05) is 31.9 Å². The number of carbonyl (C=O) groups is 1. The summed E-state index contributed by atoms with van der Waals surface area (Å²) in [5.41, 5.74) is 0.0923. The standard InChI is InChI=1S/C23H35FN2O3S.ClH/c1-2-19-30(28,29)26-17-15-25(16-18-26)23(12-7-3-4-8-13-23)14-11-22(27)20-9-5-6-10-21(20)24;/h5-6,9-10H,2-4,7-8,11-19H2,1H3;1H. The summed E-state index contributed by atoms with van der Waals surface area (Å²) in [5, 5.41) is 0. The van der Waals surface area contributed by atoms with Crippen molar-refractivity contribution in [3.8, 4) is 0 Å². The molecule has 0 atom stereocenters. The van der Waals surface area contributed by atoms with Crippen LogP contribution in [-0.4, -0.2) is 60.9 Å². The van der Waals surface area contributed by atoms with Crippen LogP contribution in [0.1, 0.15) is 75.1 Å². The van der Waals surface area contributed by atoms with Crippen LogP contribution in [0, 0.1) is 5.82 Å². The van der Waals surface area contributed by atoms with Gasteiger partial charge < -0.3 is 0 Å². The predicted octanol–water partition coefficient (Wildman–Crippen LogP) is 4.66. The zero-order chi connectivity index (χ0) is 21.6. The Morgan fingerprint density at radius 2 is 1.65 bits per heavy atom. The van der Waals surface area contributed by atoms with Gasteiger partial charge in [0, 0.05) is 38.1 Å². The van der Waals surface area contributed by atoms with E-state index in [9.17, 15) is 17.6 Å². The highest BCUT2D eigenvalue weighted by atomic mass is 35.5. The van der Waals surface area contributed by atoms with E-state index in [2.05, 4.69) is 4.90 Å². The van der Waals surface area contributed by atoms with Gasteiger partial charge in [-0.2, -0.15) is 4.31 Å². The fraction of sp³-hybridized carbons (Fsp3) is 0.696. The number of piperazine rings is 1. The lowest BCUT2D eigenvalue weighted by molar-refractivity contribution is 0.0320. The van der Waals surface area contributed by atoms with Crippen LogP contribution in [0.5, 0.6) is 0 Å². The van der Waals surface area contributed by atoms with Crippen molar-refractivity contribution in [2.45, 2.75) is 70.3 Å². The molecule has 0 aromatic heterocycles. The molecule has 0 N–H and O–H groups in total. The number of rotatable bonds is 8. The summed E-state index contributed by atoms with van der Waals surface area (Å²) in [6, 6.07) is 6.21. The third kappa shape index (κ3) is 6.50. The van der Waals surface area contributed by atoms with Crippen molar-refractivity contribution in [3.63, 3.8) is 0 Å². The van der Waals surface area contributed by atoms with Crippen LogP contribution >= 0.6 is 12.4 Å². The summed E-state index contributed by atoms with van der Waals surface area (Å²) in [6.45, 7) is 4.34. The van der Waals surface area contributed by atoms with Gasteiger partial charge in [-0.1, -0.05) is 44.7 Å². The number of carbonyl (C=O) groups excluding carboxylic acids is 1. The van der Waals surface area contributed by atoms with E-state index in [0.717, 1.165) is 25.7 Å². The fourth-order valence-corrected chi connectivity index (χ4v) is 6.60. The van der Waals surface area contributed by atoms with Gasteiger partial charge in [0.05, 0.1) is 11.3 Å². The highest BCUT2D eigenvalue weighted by molar-refractivity contribution is 7.89. The molecule has 0 bridgehead atoms. The van der Waals surface area contributed by atoms with E-state index in [0.29, 0.717) is 45.4 Å². The van der Waals surface area contributed by atoms with E-state index in [1.165, 1.54) is 18.9 Å². The van der Waals surface area contributed by atoms with Crippen molar-refractivity contribution >= 4 is 28.2 Å². The van der Waals surface area contributed by atoms with Crippen LogP contribution in [0.4, 0.5) is 4.39 Å². The second kappa shape index (κ2) is 11.7. The van der Waals surface area contributed by atoms with Crippen LogP contribution in [0.15, 0.2) is 24.3 Å². The molecule has 8 heteroatoms. The largest absolute Gasteiger partial charge is 0.295 e. The van der Waals surface area contributed by atoms with Crippen LogP contribution in [0.3, 0.4) is 0 Å². The molecule has 176 valence electrons. The first-order valence-corrected chi connectivity index (χ1v) is 13.0. The topological polar surface area (TPSA) is 57.7 Å². The first-order chi connectivity index (χ1) is 14.4. The maximum Gasteiger partial charge on any atom is 0.214 e. The average Bonchev–Trinajstić information content (AvgIpc) is 2.99. The number of benzene rings is 1. The third-order valence-corrected chi connectivity index (χ3v) is 8.87. The van der Waals surface area contributed by atoms with Crippen molar-refractivity contribution in [1.29, 1.82) is 0 Å². The van der Waals surface area contributed by atoms with E-state index in [4.69, 9.17) is 0 Å². The second-order valence-corrected chi connectivity index (χ2v) is 10.8. The first-order valence-electron chi connectivity index (χ1n) is 11.4. The van der Waals surface area contributed by atoms with Gasteiger partial charge in [-0.3, -0.25) is 9.69 Å². The minimum atomic E-state index is -3.17. The third-order valence-electron chi connectivity index (χ3n) is 6.79. The smallest absolute Gasteiger partial charge is 0.214 e. The Balaban J connectivity index is 0.00000341.